The van der Waals surface area contributed by atoms with Gasteiger partial charge in [-0.25, -0.2) is 0 Å². The van der Waals surface area contributed by atoms with Crippen molar-refractivity contribution in [1.82, 2.24) is 15.1 Å². The highest BCUT2D eigenvalue weighted by Crippen LogP contribution is 2.22. The third kappa shape index (κ3) is 3.92. The Hall–Kier alpha value is -2.40. The van der Waals surface area contributed by atoms with E-state index in [2.05, 4.69) is 46.9 Å². The molecule has 3 rings (SSSR count). The van der Waals surface area contributed by atoms with Crippen molar-refractivity contribution in [3.63, 3.8) is 0 Å². The Labute approximate surface area is 147 Å². The number of fused-ring (bicyclic) bond motifs is 1. The first kappa shape index (κ1) is 16.5. The summed E-state index contributed by atoms with van der Waals surface area (Å²) in [6.07, 6.45) is 0.972. The van der Waals surface area contributed by atoms with Gasteiger partial charge in [-0.15, -0.1) is 0 Å². The first-order valence-electron chi connectivity index (χ1n) is 8.17. The van der Waals surface area contributed by atoms with E-state index < -0.39 is 0 Å². The fraction of sp³-hybridized carbons (Fsp3) is 0.263. The second-order valence-corrected chi connectivity index (χ2v) is 6.32. The molecule has 4 nitrogen and oxygen atoms in total. The van der Waals surface area contributed by atoms with Gasteiger partial charge in [-0.3, -0.25) is 4.68 Å². The van der Waals surface area contributed by atoms with Crippen molar-refractivity contribution in [1.29, 1.82) is 0 Å². The number of aryl methyl sites for hydroxylation is 3. The molecule has 0 spiro atoms. The van der Waals surface area contributed by atoms with Gasteiger partial charge in [0.25, 0.3) is 0 Å². The summed E-state index contributed by atoms with van der Waals surface area (Å²) < 4.78 is 2.04. The highest BCUT2D eigenvalue weighted by Gasteiger charge is 2.03. The van der Waals surface area contributed by atoms with Gasteiger partial charge in [-0.2, -0.15) is 5.10 Å². The first-order valence-corrected chi connectivity index (χ1v) is 8.58. The normalized spacial score (nSPS) is 10.8. The lowest BCUT2D eigenvalue weighted by Crippen LogP contribution is -2.30. The number of hydrogen-bond acceptors (Lipinski definition) is 2. The predicted molar refractivity (Wildman–Crippen MR) is 104 cm³/mol. The van der Waals surface area contributed by atoms with E-state index in [-0.39, 0.29) is 0 Å². The number of hydrogen-bond donors (Lipinski definition) is 2. The second-order valence-electron chi connectivity index (χ2n) is 5.91. The van der Waals surface area contributed by atoms with Crippen LogP contribution in [0, 0.1) is 13.8 Å². The molecule has 0 radical (unpaired) electrons. The summed E-state index contributed by atoms with van der Waals surface area (Å²) in [5.41, 5.74) is 3.29. The van der Waals surface area contributed by atoms with Crippen LogP contribution in [0.3, 0.4) is 0 Å². The smallest absolute Gasteiger partial charge is 0.170 e. The molecule has 0 unspecified atom stereocenters. The van der Waals surface area contributed by atoms with E-state index in [4.69, 9.17) is 12.2 Å². The van der Waals surface area contributed by atoms with E-state index in [0.717, 1.165) is 30.9 Å². The summed E-state index contributed by atoms with van der Waals surface area (Å²) in [7, 11) is 0. The molecule has 0 aliphatic heterocycles. The summed E-state index contributed by atoms with van der Waals surface area (Å²) >= 11 is 5.41. The Balaban J connectivity index is 1.51. The first-order chi connectivity index (χ1) is 11.6. The van der Waals surface area contributed by atoms with Crippen LogP contribution in [0.25, 0.3) is 10.8 Å². The Kier molecular flexibility index (Phi) is 5.11. The van der Waals surface area contributed by atoms with Crippen LogP contribution < -0.4 is 10.6 Å². The average molecular weight is 338 g/mol. The van der Waals surface area contributed by atoms with Gasteiger partial charge >= 0.3 is 0 Å². The summed E-state index contributed by atoms with van der Waals surface area (Å²) in [5, 5.41) is 14.1. The van der Waals surface area contributed by atoms with E-state index >= 15 is 0 Å². The van der Waals surface area contributed by atoms with Crippen LogP contribution in [0.1, 0.15) is 17.8 Å². The highest BCUT2D eigenvalue weighted by atomic mass is 32.1. The minimum Gasteiger partial charge on any atom is -0.362 e. The number of aromatic nitrogens is 2. The quantitative estimate of drug-likeness (QED) is 0.544. The van der Waals surface area contributed by atoms with Gasteiger partial charge in [0.15, 0.2) is 5.11 Å². The van der Waals surface area contributed by atoms with Crippen molar-refractivity contribution in [2.75, 3.05) is 11.9 Å². The summed E-state index contributed by atoms with van der Waals surface area (Å²) in [5.74, 6) is 0. The maximum absolute atomic E-state index is 5.41. The van der Waals surface area contributed by atoms with Gasteiger partial charge < -0.3 is 10.6 Å². The average Bonchev–Trinajstić information content (AvgIpc) is 2.89. The number of anilines is 1. The SMILES string of the molecule is Cc1cc(C)n(CCCNC(=S)Nc2cccc3ccccc23)n1. The molecule has 2 N–H and O–H groups in total. The summed E-state index contributed by atoms with van der Waals surface area (Å²) in [4.78, 5) is 0. The third-order valence-electron chi connectivity index (χ3n) is 3.97. The molecule has 24 heavy (non-hydrogen) atoms. The monoisotopic (exact) mass is 338 g/mol. The van der Waals surface area contributed by atoms with Crippen molar-refractivity contribution in [3.8, 4) is 0 Å². The Morgan fingerprint density at radius 3 is 2.71 bits per heavy atom. The molecule has 0 amide bonds. The van der Waals surface area contributed by atoms with E-state index in [1.807, 2.05) is 35.9 Å². The van der Waals surface area contributed by atoms with Crippen molar-refractivity contribution in [3.05, 3.63) is 59.9 Å². The van der Waals surface area contributed by atoms with Gasteiger partial charge in [0, 0.05) is 29.9 Å². The number of benzene rings is 2. The fourth-order valence-electron chi connectivity index (χ4n) is 2.83. The number of thiocarbonyl (C=S) groups is 1. The van der Waals surface area contributed by atoms with Gasteiger partial charge in [-0.05, 0) is 50.0 Å². The largest absolute Gasteiger partial charge is 0.362 e. The van der Waals surface area contributed by atoms with Crippen LogP contribution in [0.4, 0.5) is 5.69 Å². The molecule has 0 fully saturated rings. The second kappa shape index (κ2) is 7.45. The molecule has 0 saturated heterocycles. The molecule has 0 atom stereocenters. The lowest BCUT2D eigenvalue weighted by Gasteiger charge is -2.13. The molecule has 3 aromatic rings. The molecular formula is C19H22N4S. The van der Waals surface area contributed by atoms with Crippen molar-refractivity contribution in [2.24, 2.45) is 0 Å². The molecule has 0 aliphatic carbocycles. The van der Waals surface area contributed by atoms with E-state index in [9.17, 15) is 0 Å². The van der Waals surface area contributed by atoms with Crippen LogP contribution in [-0.4, -0.2) is 21.4 Å². The van der Waals surface area contributed by atoms with Gasteiger partial charge in [0.2, 0.25) is 0 Å². The molecular weight excluding hydrogens is 316 g/mol. The Bertz CT molecular complexity index is 848. The van der Waals surface area contributed by atoms with E-state index in [1.165, 1.54) is 16.5 Å². The molecule has 0 saturated carbocycles. The minimum atomic E-state index is 0.653. The summed E-state index contributed by atoms with van der Waals surface area (Å²) in [6, 6.07) is 16.6. The van der Waals surface area contributed by atoms with Gasteiger partial charge in [0.1, 0.15) is 0 Å². The zero-order valence-corrected chi connectivity index (χ0v) is 14.9. The standard InChI is InChI=1S/C19H22N4S/c1-14-13-15(2)23(22-14)12-6-11-20-19(24)21-18-10-5-8-16-7-3-4-9-17(16)18/h3-5,7-10,13H,6,11-12H2,1-2H3,(H2,20,21,24). The molecule has 2 aromatic carbocycles. The maximum atomic E-state index is 5.41. The van der Waals surface area contributed by atoms with Crippen molar-refractivity contribution >= 4 is 33.8 Å². The third-order valence-corrected chi connectivity index (χ3v) is 4.22. The van der Waals surface area contributed by atoms with E-state index in [1.54, 1.807) is 0 Å². The Morgan fingerprint density at radius 1 is 1.12 bits per heavy atom. The topological polar surface area (TPSA) is 41.9 Å². The van der Waals surface area contributed by atoms with Crippen LogP contribution >= 0.6 is 12.2 Å². The predicted octanol–water partition coefficient (Wildman–Crippen LogP) is 4.03. The molecule has 0 aliphatic rings. The van der Waals surface area contributed by atoms with Crippen LogP contribution in [-0.2, 0) is 6.54 Å². The Morgan fingerprint density at radius 2 is 1.92 bits per heavy atom. The molecule has 1 heterocycles. The number of nitrogens with one attached hydrogen (secondary N) is 2. The minimum absolute atomic E-state index is 0.653. The van der Waals surface area contributed by atoms with Crippen LogP contribution in [0.5, 0.6) is 0 Å². The van der Waals surface area contributed by atoms with Gasteiger partial charge in [0.05, 0.1) is 5.69 Å². The number of rotatable bonds is 5. The van der Waals surface area contributed by atoms with Crippen molar-refractivity contribution in [2.45, 2.75) is 26.8 Å². The fourth-order valence-corrected chi connectivity index (χ4v) is 3.04. The summed E-state index contributed by atoms with van der Waals surface area (Å²) in [6.45, 7) is 5.81. The lowest BCUT2D eigenvalue weighted by atomic mass is 10.1. The highest BCUT2D eigenvalue weighted by molar-refractivity contribution is 7.80. The van der Waals surface area contributed by atoms with Gasteiger partial charge in [-0.1, -0.05) is 36.4 Å². The molecule has 0 bridgehead atoms. The van der Waals surface area contributed by atoms with Crippen LogP contribution in [0.15, 0.2) is 48.5 Å². The van der Waals surface area contributed by atoms with Crippen molar-refractivity contribution < 1.29 is 0 Å². The zero-order chi connectivity index (χ0) is 16.9. The molecule has 1 aromatic heterocycles. The maximum Gasteiger partial charge on any atom is 0.170 e. The van der Waals surface area contributed by atoms with Crippen LogP contribution in [0.2, 0.25) is 0 Å². The number of nitrogens with zero attached hydrogens (tertiary/aromatic N) is 2. The lowest BCUT2D eigenvalue weighted by molar-refractivity contribution is 0.558. The molecule has 124 valence electrons. The molecule has 5 heteroatoms. The van der Waals surface area contributed by atoms with E-state index in [0.29, 0.717) is 5.11 Å². The zero-order valence-electron chi connectivity index (χ0n) is 14.0.